The predicted octanol–water partition coefficient (Wildman–Crippen LogP) is 9.26. The number of hydrogen-bond donors (Lipinski definition) is 0. The lowest BCUT2D eigenvalue weighted by Gasteiger charge is -2.17. The van der Waals surface area contributed by atoms with Crippen LogP contribution in [0.15, 0.2) is 48.2 Å². The van der Waals surface area contributed by atoms with Crippen LogP contribution in [-0.4, -0.2) is 17.9 Å². The minimum atomic E-state index is 0.249. The number of hydrogen-bond acceptors (Lipinski definition) is 3. The van der Waals surface area contributed by atoms with Crippen LogP contribution in [0.3, 0.4) is 0 Å². The van der Waals surface area contributed by atoms with E-state index < -0.39 is 0 Å². The van der Waals surface area contributed by atoms with Gasteiger partial charge < -0.3 is 4.74 Å². The fourth-order valence-electron chi connectivity index (χ4n) is 6.83. The summed E-state index contributed by atoms with van der Waals surface area (Å²) in [5.74, 6) is 3.02. The van der Waals surface area contributed by atoms with Crippen LogP contribution in [0.2, 0.25) is 0 Å². The minimum absolute atomic E-state index is 0.249. The van der Waals surface area contributed by atoms with Crippen LogP contribution >= 0.6 is 0 Å². The van der Waals surface area contributed by atoms with E-state index in [1.165, 1.54) is 74.6 Å². The predicted molar refractivity (Wildman–Crippen MR) is 162 cm³/mol. The summed E-state index contributed by atoms with van der Waals surface area (Å²) in [7, 11) is 1.71. The highest BCUT2D eigenvalue weighted by atomic mass is 16.5. The van der Waals surface area contributed by atoms with Crippen LogP contribution in [0.25, 0.3) is 0 Å². The first-order chi connectivity index (χ1) is 19.0. The Balaban J connectivity index is 1.51. The van der Waals surface area contributed by atoms with Crippen molar-refractivity contribution in [3.05, 3.63) is 76.3 Å². The molecule has 0 saturated heterocycles. The van der Waals surface area contributed by atoms with Gasteiger partial charge in [-0.1, -0.05) is 96.4 Å². The van der Waals surface area contributed by atoms with Gasteiger partial charge in [0.25, 0.3) is 0 Å². The summed E-state index contributed by atoms with van der Waals surface area (Å²) in [6.45, 7) is 8.48. The Hall–Kier alpha value is -2.64. The lowest BCUT2D eigenvalue weighted by molar-refractivity contribution is 0.0954. The molecule has 2 fully saturated rings. The molecule has 0 bridgehead atoms. The monoisotopic (exact) mass is 527 g/mol. The van der Waals surface area contributed by atoms with Crippen LogP contribution in [0.1, 0.15) is 124 Å². The quantitative estimate of drug-likeness (QED) is 0.157. The molecule has 2 aliphatic rings. The molecule has 2 saturated carbocycles. The Morgan fingerprint density at radius 1 is 1.03 bits per heavy atom. The second-order valence-corrected chi connectivity index (χ2v) is 12.3. The molecule has 4 rings (SSSR count). The van der Waals surface area contributed by atoms with Crippen LogP contribution < -0.4 is 4.74 Å². The topological polar surface area (TPSA) is 39.2 Å². The Morgan fingerprint density at radius 3 is 2.46 bits per heavy atom. The molecule has 1 aromatic heterocycles. The summed E-state index contributed by atoms with van der Waals surface area (Å²) in [6, 6.07) is 10.5. The third-order valence-corrected chi connectivity index (χ3v) is 9.04. The van der Waals surface area contributed by atoms with Gasteiger partial charge >= 0.3 is 0 Å². The maximum Gasteiger partial charge on any atom is 0.163 e. The van der Waals surface area contributed by atoms with E-state index in [2.05, 4.69) is 44.4 Å². The van der Waals surface area contributed by atoms with Crippen molar-refractivity contribution in [2.24, 2.45) is 17.8 Å². The summed E-state index contributed by atoms with van der Waals surface area (Å²) in [5, 5.41) is 0. The molecule has 2 aromatic rings. The van der Waals surface area contributed by atoms with E-state index in [4.69, 9.17) is 9.72 Å². The Bertz CT molecular complexity index is 1150. The number of methoxy groups -OCH3 is 1. The van der Waals surface area contributed by atoms with Gasteiger partial charge in [-0.05, 0) is 60.3 Å². The normalized spacial score (nSPS) is 19.9. The van der Waals surface area contributed by atoms with E-state index in [1.807, 2.05) is 12.1 Å². The molecule has 1 heterocycles. The smallest absolute Gasteiger partial charge is 0.163 e. The van der Waals surface area contributed by atoms with Gasteiger partial charge in [0.2, 0.25) is 0 Å². The summed E-state index contributed by atoms with van der Waals surface area (Å²) in [6.07, 6.45) is 17.0. The number of Topliss-reactive ketones (excluding diaryl/α,β-unsaturated/α-hetero) is 1. The molecule has 2 aliphatic carbocycles. The third kappa shape index (κ3) is 8.42. The molecule has 2 unspecified atom stereocenters. The molecule has 0 spiro atoms. The number of ether oxygens (including phenoxy) is 1. The number of carbonyl (C=O) groups is 1. The van der Waals surface area contributed by atoms with E-state index in [-0.39, 0.29) is 5.78 Å². The summed E-state index contributed by atoms with van der Waals surface area (Å²) >= 11 is 0. The molecular formula is C36H49NO2. The Labute approximate surface area is 237 Å². The molecule has 0 N–H and O–H groups in total. The van der Waals surface area contributed by atoms with Crippen molar-refractivity contribution in [3.63, 3.8) is 0 Å². The number of nitrogens with zero attached hydrogens (tertiary/aromatic N) is 1. The van der Waals surface area contributed by atoms with E-state index in [1.54, 1.807) is 7.11 Å². The fourth-order valence-corrected chi connectivity index (χ4v) is 6.83. The molecular weight excluding hydrogens is 478 g/mol. The van der Waals surface area contributed by atoms with E-state index in [9.17, 15) is 4.79 Å². The van der Waals surface area contributed by atoms with Crippen molar-refractivity contribution in [2.75, 3.05) is 7.11 Å². The van der Waals surface area contributed by atoms with E-state index in [0.29, 0.717) is 18.8 Å². The third-order valence-electron chi connectivity index (χ3n) is 9.04. The highest BCUT2D eigenvalue weighted by Crippen LogP contribution is 2.32. The van der Waals surface area contributed by atoms with Gasteiger partial charge in [-0.15, -0.1) is 5.73 Å². The second-order valence-electron chi connectivity index (χ2n) is 12.3. The van der Waals surface area contributed by atoms with Crippen molar-refractivity contribution in [1.29, 1.82) is 0 Å². The van der Waals surface area contributed by atoms with Crippen molar-refractivity contribution in [1.82, 2.24) is 4.98 Å². The lowest BCUT2D eigenvalue weighted by atomic mass is 9.88. The Kier molecular flexibility index (Phi) is 11.0. The zero-order chi connectivity index (χ0) is 27.6. The standard InChI is InChI=1S/C36H49NO2/c1-5-11-27(6-2)21-30-18-19-33(37-34(30)22-28-13-9-10-14-28)24-32-17-16-31(25-36(32)39-4)35(38)23-29-15-8-7-12-26(3)20-29/h16-19,25-26,28-29H,2,5,7-15,20-24H2,1,3-4H3. The number of aromatic nitrogens is 1. The van der Waals surface area contributed by atoms with Crippen molar-refractivity contribution >= 4 is 5.78 Å². The van der Waals surface area contributed by atoms with Crippen LogP contribution in [0, 0.1) is 17.8 Å². The molecule has 1 aromatic carbocycles. The number of benzene rings is 1. The minimum Gasteiger partial charge on any atom is -0.496 e. The van der Waals surface area contributed by atoms with Gasteiger partial charge in [0.1, 0.15) is 5.75 Å². The number of carbonyl (C=O) groups excluding carboxylic acids is 1. The first-order valence-electron chi connectivity index (χ1n) is 15.5. The molecule has 0 radical (unpaired) electrons. The maximum absolute atomic E-state index is 13.2. The number of allylic oxidation sites excluding steroid dienone is 1. The number of pyridine rings is 1. The zero-order valence-electron chi connectivity index (χ0n) is 24.7. The van der Waals surface area contributed by atoms with E-state index >= 15 is 0 Å². The Morgan fingerprint density at radius 2 is 1.74 bits per heavy atom. The molecule has 0 aliphatic heterocycles. The highest BCUT2D eigenvalue weighted by Gasteiger charge is 2.22. The number of ketones is 1. The molecule has 0 amide bonds. The van der Waals surface area contributed by atoms with Gasteiger partial charge in [0, 0.05) is 41.8 Å². The largest absolute Gasteiger partial charge is 0.496 e. The van der Waals surface area contributed by atoms with E-state index in [0.717, 1.165) is 60.1 Å². The van der Waals surface area contributed by atoms with Gasteiger partial charge in [-0.3, -0.25) is 9.78 Å². The van der Waals surface area contributed by atoms with Crippen LogP contribution in [0.5, 0.6) is 5.75 Å². The molecule has 210 valence electrons. The zero-order valence-corrected chi connectivity index (χ0v) is 24.7. The van der Waals surface area contributed by atoms with Crippen molar-refractivity contribution in [3.8, 4) is 5.75 Å². The molecule has 3 heteroatoms. The highest BCUT2D eigenvalue weighted by molar-refractivity contribution is 5.96. The van der Waals surface area contributed by atoms with Gasteiger partial charge in [-0.2, -0.15) is 0 Å². The molecule has 2 atom stereocenters. The van der Waals surface area contributed by atoms with Crippen LogP contribution in [-0.2, 0) is 19.3 Å². The average molecular weight is 528 g/mol. The maximum atomic E-state index is 13.2. The van der Waals surface area contributed by atoms with Gasteiger partial charge in [-0.25, -0.2) is 0 Å². The lowest BCUT2D eigenvalue weighted by Crippen LogP contribution is -2.11. The fraction of sp³-hybridized carbons (Fsp3) is 0.583. The van der Waals surface area contributed by atoms with Crippen molar-refractivity contribution in [2.45, 2.75) is 110 Å². The first kappa shape index (κ1) is 29.3. The van der Waals surface area contributed by atoms with Crippen molar-refractivity contribution < 1.29 is 9.53 Å². The molecule has 39 heavy (non-hydrogen) atoms. The van der Waals surface area contributed by atoms with Crippen LogP contribution in [0.4, 0.5) is 0 Å². The molecule has 3 nitrogen and oxygen atoms in total. The first-order valence-corrected chi connectivity index (χ1v) is 15.5. The van der Waals surface area contributed by atoms with Gasteiger partial charge in [0.05, 0.1) is 7.11 Å². The summed E-state index contributed by atoms with van der Waals surface area (Å²) in [5.41, 5.74) is 9.95. The summed E-state index contributed by atoms with van der Waals surface area (Å²) in [4.78, 5) is 18.4. The van der Waals surface area contributed by atoms with Gasteiger partial charge in [0.15, 0.2) is 5.78 Å². The number of rotatable bonds is 12. The summed E-state index contributed by atoms with van der Waals surface area (Å²) < 4.78 is 5.79. The SMILES string of the molecule is C=C=C(CCC)Cc1ccc(Cc2ccc(C(=O)CC3CCCCC(C)C3)cc2OC)nc1CC1CCCC1. The average Bonchev–Trinajstić information content (AvgIpc) is 3.36. The second kappa shape index (κ2) is 14.7.